The molecule has 0 rings (SSSR count). The first-order valence-electron chi connectivity index (χ1n) is 13.3. The van der Waals surface area contributed by atoms with Gasteiger partial charge in [-0.2, -0.15) is 0 Å². The first kappa shape index (κ1) is 36.2. The number of carboxylic acid groups (broad SMARTS) is 1. The predicted molar refractivity (Wildman–Crippen MR) is 140 cm³/mol. The molecule has 198 valence electrons. The average Bonchev–Trinajstić information content (AvgIpc) is 2.79. The molecule has 0 saturated carbocycles. The number of carboxylic acids is 1. The number of aliphatic carboxylic acids is 1. The van der Waals surface area contributed by atoms with E-state index in [1.165, 1.54) is 32.1 Å². The van der Waals surface area contributed by atoms with Gasteiger partial charge in [-0.3, -0.25) is 14.4 Å². The summed E-state index contributed by atoms with van der Waals surface area (Å²) in [7, 11) is 0.542. The summed E-state index contributed by atoms with van der Waals surface area (Å²) in [4.78, 5) is 31.6. The van der Waals surface area contributed by atoms with Gasteiger partial charge >= 0.3 is 11.9 Å². The molecule has 0 radical (unpaired) electrons. The lowest BCUT2D eigenvalue weighted by Gasteiger charge is -2.04. The van der Waals surface area contributed by atoms with Crippen LogP contribution in [0.15, 0.2) is 0 Å². The number of hydrogen-bond donors (Lipinski definition) is 1. The van der Waals surface area contributed by atoms with E-state index in [1.54, 1.807) is 0 Å². The summed E-state index contributed by atoms with van der Waals surface area (Å²) in [6.07, 6.45) is 18.5. The summed E-state index contributed by atoms with van der Waals surface area (Å²) in [5, 5.41) is 8.14. The smallest absolute Gasteiger partial charge is 0.305 e. The van der Waals surface area contributed by atoms with Gasteiger partial charge in [0.25, 0.3) is 5.97 Å². The number of carbonyl (C=O) groups is 3. The van der Waals surface area contributed by atoms with Gasteiger partial charge in [-0.15, -0.1) is 0 Å². The molecule has 0 aromatic carbocycles. The highest BCUT2D eigenvalue weighted by atomic mass is 28.2. The van der Waals surface area contributed by atoms with Gasteiger partial charge in [0.2, 0.25) is 10.5 Å². The maximum absolute atomic E-state index is 11.2. The zero-order valence-electron chi connectivity index (χ0n) is 22.4. The Hall–Kier alpha value is -1.37. The van der Waals surface area contributed by atoms with E-state index >= 15 is 0 Å². The maximum Gasteiger partial charge on any atom is 0.305 e. The Morgan fingerprint density at radius 3 is 1.42 bits per heavy atom. The average molecular weight is 491 g/mol. The molecule has 0 fully saturated rings. The molecule has 0 spiro atoms. The molecule has 0 bridgehead atoms. The van der Waals surface area contributed by atoms with Gasteiger partial charge in [0.05, 0.1) is 6.61 Å². The van der Waals surface area contributed by atoms with Crippen LogP contribution in [0.5, 0.6) is 0 Å². The molecular formula is C26H54O6Si. The molecule has 0 saturated heterocycles. The van der Waals surface area contributed by atoms with Crippen LogP contribution in [0.25, 0.3) is 0 Å². The Labute approximate surface area is 207 Å². The minimum atomic E-state index is -0.682. The van der Waals surface area contributed by atoms with E-state index < -0.39 is 5.97 Å². The topological polar surface area (TPSA) is 89.9 Å². The van der Waals surface area contributed by atoms with Gasteiger partial charge in [-0.1, -0.05) is 98.3 Å². The molecule has 7 heteroatoms. The molecule has 0 heterocycles. The Morgan fingerprint density at radius 1 is 0.576 bits per heavy atom. The van der Waals surface area contributed by atoms with Gasteiger partial charge in [-0.05, 0) is 25.7 Å². The van der Waals surface area contributed by atoms with E-state index in [0.29, 0.717) is 36.4 Å². The molecule has 0 amide bonds. The minimum absolute atomic E-state index is 0.0120. The van der Waals surface area contributed by atoms with Crippen molar-refractivity contribution in [3.63, 3.8) is 0 Å². The van der Waals surface area contributed by atoms with Crippen molar-refractivity contribution in [1.29, 1.82) is 0 Å². The van der Waals surface area contributed by atoms with Gasteiger partial charge < -0.3 is 14.3 Å². The number of ether oxygens (including phenoxy) is 1. The van der Waals surface area contributed by atoms with Gasteiger partial charge in [0.15, 0.2) is 0 Å². The highest BCUT2D eigenvalue weighted by molar-refractivity contribution is 6.05. The van der Waals surface area contributed by atoms with Crippen LogP contribution in [0.1, 0.15) is 143 Å². The second-order valence-electron chi connectivity index (χ2n) is 8.33. The summed E-state index contributed by atoms with van der Waals surface area (Å²) in [6, 6.07) is 0. The fourth-order valence-electron chi connectivity index (χ4n) is 2.81. The lowest BCUT2D eigenvalue weighted by Crippen LogP contribution is -2.05. The van der Waals surface area contributed by atoms with E-state index in [-0.39, 0.29) is 11.9 Å². The molecule has 0 unspecified atom stereocenters. The first-order valence-corrected chi connectivity index (χ1v) is 14.1. The van der Waals surface area contributed by atoms with Gasteiger partial charge in [0, 0.05) is 19.3 Å². The lowest BCUT2D eigenvalue weighted by molar-refractivity contribution is -0.144. The summed E-state index contributed by atoms with van der Waals surface area (Å²) < 4.78 is 9.75. The van der Waals surface area contributed by atoms with Crippen molar-refractivity contribution in [3.05, 3.63) is 0 Å². The van der Waals surface area contributed by atoms with Crippen molar-refractivity contribution in [2.75, 3.05) is 6.61 Å². The highest BCUT2D eigenvalue weighted by Gasteiger charge is 2.01. The van der Waals surface area contributed by atoms with Crippen LogP contribution in [-0.2, 0) is 23.5 Å². The van der Waals surface area contributed by atoms with Gasteiger partial charge in [0.1, 0.15) is 0 Å². The summed E-state index contributed by atoms with van der Waals surface area (Å²) in [6.45, 7) is 9.16. The molecule has 0 aliphatic rings. The Kier molecular flexibility index (Phi) is 36.0. The second-order valence-corrected chi connectivity index (χ2v) is 8.74. The van der Waals surface area contributed by atoms with Crippen LogP contribution in [-0.4, -0.2) is 40.1 Å². The zero-order chi connectivity index (χ0) is 25.6. The molecule has 0 atom stereocenters. The number of unbranched alkanes of at least 4 members (excludes halogenated alkanes) is 11. The zero-order valence-corrected chi connectivity index (χ0v) is 24.4. The number of esters is 1. The van der Waals surface area contributed by atoms with E-state index in [0.717, 1.165) is 64.2 Å². The minimum Gasteiger partial charge on any atom is -0.529 e. The third-order valence-electron chi connectivity index (χ3n) is 4.95. The fraction of sp³-hybridized carbons (Fsp3) is 0.885. The van der Waals surface area contributed by atoms with Crippen LogP contribution in [0.4, 0.5) is 0 Å². The van der Waals surface area contributed by atoms with E-state index in [1.807, 2.05) is 0 Å². The Morgan fingerprint density at radius 2 is 0.970 bits per heavy atom. The van der Waals surface area contributed by atoms with E-state index in [2.05, 4.69) is 32.1 Å². The van der Waals surface area contributed by atoms with Crippen LogP contribution in [0, 0.1) is 0 Å². The van der Waals surface area contributed by atoms with E-state index in [4.69, 9.17) is 9.84 Å². The molecule has 0 aliphatic carbocycles. The standard InChI is InChI=1S/C14H28O2.C6H14O2Si.C6H12O2/c1-3-5-7-8-9-11-13-16-14(15)12-10-6-4-2;1-2-3-4-5-6(7)8-9;1-2-3-4-5-6(7)8/h3-13H2,1-2H3;2-5H2,1,9H3;2-5H2,1H3,(H,7,8). The molecular weight excluding hydrogens is 436 g/mol. The Balaban J connectivity index is -0.000000449. The first-order chi connectivity index (χ1) is 15.9. The number of carbonyl (C=O) groups excluding carboxylic acids is 2. The van der Waals surface area contributed by atoms with E-state index in [9.17, 15) is 14.4 Å². The van der Waals surface area contributed by atoms with Crippen molar-refractivity contribution < 1.29 is 28.7 Å². The maximum atomic E-state index is 11.2. The summed E-state index contributed by atoms with van der Waals surface area (Å²) in [5.74, 6) is -0.726. The van der Waals surface area contributed by atoms with Crippen molar-refractivity contribution in [2.45, 2.75) is 143 Å². The largest absolute Gasteiger partial charge is 0.529 e. The van der Waals surface area contributed by atoms with Crippen molar-refractivity contribution >= 4 is 28.4 Å². The molecule has 0 aromatic heterocycles. The van der Waals surface area contributed by atoms with Crippen LogP contribution >= 0.6 is 0 Å². The normalized spacial score (nSPS) is 9.82. The SMILES string of the molecule is CCCCCC(=O)O.CCCCCC(=O)O[SiH3].CCCCCCCCOC(=O)CCCCC. The molecule has 6 nitrogen and oxygen atoms in total. The van der Waals surface area contributed by atoms with Crippen LogP contribution < -0.4 is 0 Å². The third kappa shape index (κ3) is 41.4. The third-order valence-corrected chi connectivity index (χ3v) is 5.41. The molecule has 0 aromatic rings. The highest BCUT2D eigenvalue weighted by Crippen LogP contribution is 2.06. The van der Waals surface area contributed by atoms with Crippen LogP contribution in [0.2, 0.25) is 0 Å². The lowest BCUT2D eigenvalue weighted by atomic mass is 10.1. The second kappa shape index (κ2) is 32.8. The van der Waals surface area contributed by atoms with Crippen molar-refractivity contribution in [1.82, 2.24) is 0 Å². The molecule has 1 N–H and O–H groups in total. The fourth-order valence-corrected chi connectivity index (χ4v) is 3.01. The quantitative estimate of drug-likeness (QED) is 0.126. The molecule has 33 heavy (non-hydrogen) atoms. The number of rotatable bonds is 19. The van der Waals surface area contributed by atoms with Gasteiger partial charge in [-0.25, -0.2) is 0 Å². The van der Waals surface area contributed by atoms with Crippen LogP contribution in [0.3, 0.4) is 0 Å². The monoisotopic (exact) mass is 490 g/mol. The van der Waals surface area contributed by atoms with Crippen molar-refractivity contribution in [2.24, 2.45) is 0 Å². The number of hydrogen-bond acceptors (Lipinski definition) is 5. The summed E-state index contributed by atoms with van der Waals surface area (Å²) in [5.41, 5.74) is 0. The molecule has 0 aliphatic heterocycles. The Bertz CT molecular complexity index is 429. The summed E-state index contributed by atoms with van der Waals surface area (Å²) >= 11 is 0. The van der Waals surface area contributed by atoms with Crippen molar-refractivity contribution in [3.8, 4) is 0 Å². The predicted octanol–water partition coefficient (Wildman–Crippen LogP) is 6.51.